The van der Waals surface area contributed by atoms with Crippen LogP contribution in [-0.4, -0.2) is 11.8 Å². The van der Waals surface area contributed by atoms with Crippen LogP contribution in [-0.2, 0) is 9.59 Å². The molecule has 0 aliphatic rings. The monoisotopic (exact) mass is 262 g/mol. The van der Waals surface area contributed by atoms with Crippen LogP contribution >= 0.6 is 0 Å². The zero-order chi connectivity index (χ0) is 14.7. The molecule has 0 spiro atoms. The molecule has 1 aromatic carbocycles. The highest BCUT2D eigenvalue weighted by atomic mass is 16.2. The van der Waals surface area contributed by atoms with Crippen molar-refractivity contribution >= 4 is 11.8 Å². The van der Waals surface area contributed by atoms with Gasteiger partial charge in [-0.1, -0.05) is 45.9 Å². The van der Waals surface area contributed by atoms with Crippen molar-refractivity contribution in [1.82, 2.24) is 0 Å². The molecule has 0 atom stereocenters. The van der Waals surface area contributed by atoms with Gasteiger partial charge in [0.25, 0.3) is 0 Å². The average Bonchev–Trinajstić information content (AvgIpc) is 2.27. The summed E-state index contributed by atoms with van der Waals surface area (Å²) < 4.78 is 0. The normalized spacial score (nSPS) is 11.3. The number of amides is 2. The van der Waals surface area contributed by atoms with E-state index in [1.807, 2.05) is 45.9 Å². The maximum Gasteiger partial charge on any atom is 0.234 e. The number of hydrogen-bond acceptors (Lipinski definition) is 2. The van der Waals surface area contributed by atoms with Crippen molar-refractivity contribution in [3.05, 3.63) is 34.9 Å². The van der Waals surface area contributed by atoms with Crippen molar-refractivity contribution in [2.75, 3.05) is 0 Å². The van der Waals surface area contributed by atoms with Crippen molar-refractivity contribution < 1.29 is 9.59 Å². The van der Waals surface area contributed by atoms with Crippen LogP contribution in [0.2, 0.25) is 0 Å². The largest absolute Gasteiger partial charge is 0.369 e. The van der Waals surface area contributed by atoms with E-state index in [4.69, 9.17) is 11.5 Å². The Hall–Kier alpha value is -1.84. The van der Waals surface area contributed by atoms with E-state index in [1.165, 1.54) is 0 Å². The molecule has 0 fully saturated rings. The van der Waals surface area contributed by atoms with Gasteiger partial charge in [0, 0.05) is 0 Å². The van der Waals surface area contributed by atoms with E-state index in [0.29, 0.717) is 5.56 Å². The molecule has 0 aromatic heterocycles. The number of rotatable bonds is 5. The molecular weight excluding hydrogens is 240 g/mol. The molecule has 0 unspecified atom stereocenters. The molecule has 1 aromatic rings. The first-order valence-electron chi connectivity index (χ1n) is 6.48. The van der Waals surface area contributed by atoms with E-state index in [2.05, 4.69) is 0 Å². The molecule has 0 aliphatic carbocycles. The van der Waals surface area contributed by atoms with Crippen LogP contribution in [0.5, 0.6) is 0 Å². The van der Waals surface area contributed by atoms with Crippen LogP contribution < -0.4 is 11.5 Å². The van der Waals surface area contributed by atoms with Gasteiger partial charge in [-0.3, -0.25) is 9.59 Å². The number of benzene rings is 1. The summed E-state index contributed by atoms with van der Waals surface area (Å²) in [7, 11) is 0. The minimum atomic E-state index is -1.06. The molecule has 1 rings (SSSR count). The van der Waals surface area contributed by atoms with Gasteiger partial charge in [0.2, 0.25) is 11.8 Å². The van der Waals surface area contributed by atoms with Crippen LogP contribution in [0, 0.1) is 0 Å². The number of hydrogen-bond donors (Lipinski definition) is 2. The Labute approximate surface area is 114 Å². The predicted molar refractivity (Wildman–Crippen MR) is 75.7 cm³/mol. The Bertz CT molecular complexity index is 453. The van der Waals surface area contributed by atoms with E-state index >= 15 is 0 Å². The second-order valence-corrected chi connectivity index (χ2v) is 5.40. The van der Waals surface area contributed by atoms with Crippen LogP contribution in [0.1, 0.15) is 62.1 Å². The molecule has 4 N–H and O–H groups in total. The highest BCUT2D eigenvalue weighted by molar-refractivity contribution is 6.05. The van der Waals surface area contributed by atoms with E-state index in [-0.39, 0.29) is 11.8 Å². The van der Waals surface area contributed by atoms with Crippen LogP contribution in [0.25, 0.3) is 0 Å². The molecule has 0 bridgehead atoms. The lowest BCUT2D eigenvalue weighted by Crippen LogP contribution is -2.34. The van der Waals surface area contributed by atoms with Crippen LogP contribution in [0.3, 0.4) is 0 Å². The Kier molecular flexibility index (Phi) is 4.70. The van der Waals surface area contributed by atoms with Gasteiger partial charge in [0.1, 0.15) is 5.92 Å². The van der Waals surface area contributed by atoms with Gasteiger partial charge in [-0.05, 0) is 28.5 Å². The third kappa shape index (κ3) is 3.13. The predicted octanol–water partition coefficient (Wildman–Crippen LogP) is 1.99. The Balaban J connectivity index is 3.60. The van der Waals surface area contributed by atoms with Crippen LogP contribution in [0.15, 0.2) is 18.2 Å². The Morgan fingerprint density at radius 2 is 1.26 bits per heavy atom. The molecule has 0 radical (unpaired) electrons. The van der Waals surface area contributed by atoms with Gasteiger partial charge < -0.3 is 11.5 Å². The first-order valence-corrected chi connectivity index (χ1v) is 6.48. The smallest absolute Gasteiger partial charge is 0.234 e. The number of primary amides is 2. The molecule has 104 valence electrons. The van der Waals surface area contributed by atoms with E-state index in [9.17, 15) is 9.59 Å². The zero-order valence-corrected chi connectivity index (χ0v) is 11.9. The van der Waals surface area contributed by atoms with Gasteiger partial charge >= 0.3 is 0 Å². The van der Waals surface area contributed by atoms with E-state index < -0.39 is 17.7 Å². The second-order valence-electron chi connectivity index (χ2n) is 5.40. The molecule has 2 amide bonds. The number of nitrogens with two attached hydrogens (primary N) is 2. The van der Waals surface area contributed by atoms with E-state index in [1.54, 1.807) is 0 Å². The van der Waals surface area contributed by atoms with Crippen molar-refractivity contribution in [3.8, 4) is 0 Å². The summed E-state index contributed by atoms with van der Waals surface area (Å²) in [5, 5.41) is 0. The summed E-state index contributed by atoms with van der Waals surface area (Å²) in [5.74, 6) is -2.06. The number of carbonyl (C=O) groups excluding carboxylic acids is 2. The third-order valence-corrected chi connectivity index (χ3v) is 3.28. The fourth-order valence-corrected chi connectivity index (χ4v) is 2.37. The fraction of sp³-hybridized carbons (Fsp3) is 0.467. The first-order chi connectivity index (χ1) is 8.77. The lowest BCUT2D eigenvalue weighted by atomic mass is 9.81. The van der Waals surface area contributed by atoms with E-state index in [0.717, 1.165) is 11.1 Å². The van der Waals surface area contributed by atoms with Crippen molar-refractivity contribution in [1.29, 1.82) is 0 Å². The maximum atomic E-state index is 11.6. The topological polar surface area (TPSA) is 86.2 Å². The quantitative estimate of drug-likeness (QED) is 0.795. The standard InChI is InChI=1S/C15H22N2O2/c1-8(2)10-6-5-7-11(9(3)4)12(10)13(14(16)18)15(17)19/h5-9,13H,1-4H3,(H2,16,18)(H2,17,19). The van der Waals surface area contributed by atoms with Gasteiger partial charge in [-0.25, -0.2) is 0 Å². The number of carbonyl (C=O) groups is 2. The van der Waals surface area contributed by atoms with Gasteiger partial charge in [0.05, 0.1) is 0 Å². The summed E-state index contributed by atoms with van der Waals surface area (Å²) in [6.45, 7) is 8.06. The van der Waals surface area contributed by atoms with Crippen molar-refractivity contribution in [2.24, 2.45) is 11.5 Å². The van der Waals surface area contributed by atoms with Gasteiger partial charge in [-0.2, -0.15) is 0 Å². The molecule has 0 saturated carbocycles. The average molecular weight is 262 g/mol. The highest BCUT2D eigenvalue weighted by Gasteiger charge is 2.30. The van der Waals surface area contributed by atoms with Crippen LogP contribution in [0.4, 0.5) is 0 Å². The minimum absolute atomic E-state index is 0.190. The molecule has 4 heteroatoms. The lowest BCUT2D eigenvalue weighted by molar-refractivity contribution is -0.128. The summed E-state index contributed by atoms with van der Waals surface area (Å²) in [6.07, 6.45) is 0. The summed E-state index contributed by atoms with van der Waals surface area (Å²) in [6, 6.07) is 5.78. The van der Waals surface area contributed by atoms with Crippen molar-refractivity contribution in [2.45, 2.75) is 45.4 Å². The molecule has 19 heavy (non-hydrogen) atoms. The lowest BCUT2D eigenvalue weighted by Gasteiger charge is -2.23. The third-order valence-electron chi connectivity index (χ3n) is 3.28. The SMILES string of the molecule is CC(C)c1cccc(C(C)C)c1C(C(N)=O)C(N)=O. The zero-order valence-electron chi connectivity index (χ0n) is 11.9. The first kappa shape index (κ1) is 15.2. The summed E-state index contributed by atoms with van der Waals surface area (Å²) in [4.78, 5) is 23.2. The second kappa shape index (κ2) is 5.87. The molecule has 4 nitrogen and oxygen atoms in total. The maximum absolute atomic E-state index is 11.6. The molecule has 0 saturated heterocycles. The molecular formula is C15H22N2O2. The molecule has 0 heterocycles. The van der Waals surface area contributed by atoms with Gasteiger partial charge in [0.15, 0.2) is 0 Å². The molecule has 0 aliphatic heterocycles. The summed E-state index contributed by atoms with van der Waals surface area (Å²) >= 11 is 0. The fourth-order valence-electron chi connectivity index (χ4n) is 2.37. The van der Waals surface area contributed by atoms with Gasteiger partial charge in [-0.15, -0.1) is 0 Å². The highest BCUT2D eigenvalue weighted by Crippen LogP contribution is 2.33. The van der Waals surface area contributed by atoms with Crippen molar-refractivity contribution in [3.63, 3.8) is 0 Å². The Morgan fingerprint density at radius 3 is 1.53 bits per heavy atom. The Morgan fingerprint density at radius 1 is 0.895 bits per heavy atom. The minimum Gasteiger partial charge on any atom is -0.369 e. The summed E-state index contributed by atoms with van der Waals surface area (Å²) in [5.41, 5.74) is 13.3.